The largest absolute Gasteiger partial charge is 0.496 e. The minimum absolute atomic E-state index is 0.268. The molecule has 9 nitrogen and oxygen atoms in total. The summed E-state index contributed by atoms with van der Waals surface area (Å²) in [6, 6.07) is 17.4. The highest BCUT2D eigenvalue weighted by molar-refractivity contribution is 5.92. The Morgan fingerprint density at radius 2 is 1.39 bits per heavy atom. The van der Waals surface area contributed by atoms with Crippen LogP contribution in [-0.2, 0) is 9.53 Å². The molecule has 0 amide bonds. The zero-order valence-electron chi connectivity index (χ0n) is 23.2. The number of esters is 3. The average molecular weight is 563 g/mol. The lowest BCUT2D eigenvalue weighted by molar-refractivity contribution is -0.137. The van der Waals surface area contributed by atoms with Gasteiger partial charge in [0, 0.05) is 11.6 Å². The standard InChI is InChI=1S/C32H34O9/c1-4-8-28(33)27-18-11-23(21-29(27)37-3)32(36)41-26-16-14-25(15-17-26)40-31(35)22-9-12-24(13-10-22)38-19-6-7-20-39-30(34)5-2/h5,9-18,21,28,33H,2,4,6-8,19-20H2,1,3H3. The molecule has 0 aromatic heterocycles. The van der Waals surface area contributed by atoms with E-state index in [2.05, 4.69) is 6.58 Å². The van der Waals surface area contributed by atoms with E-state index < -0.39 is 24.0 Å². The fraction of sp³-hybridized carbons (Fsp3) is 0.281. The maximum absolute atomic E-state index is 12.7. The number of benzene rings is 3. The summed E-state index contributed by atoms with van der Waals surface area (Å²) >= 11 is 0. The Labute approximate surface area is 239 Å². The number of carbonyl (C=O) groups is 3. The van der Waals surface area contributed by atoms with E-state index in [0.29, 0.717) is 55.1 Å². The molecule has 0 saturated carbocycles. The van der Waals surface area contributed by atoms with Crippen LogP contribution < -0.4 is 18.9 Å². The highest BCUT2D eigenvalue weighted by Gasteiger charge is 2.17. The fourth-order valence-electron chi connectivity index (χ4n) is 3.76. The van der Waals surface area contributed by atoms with Crippen molar-refractivity contribution in [3.05, 3.63) is 96.1 Å². The Balaban J connectivity index is 1.48. The van der Waals surface area contributed by atoms with Crippen LogP contribution in [0.4, 0.5) is 0 Å². The minimum atomic E-state index is -0.681. The van der Waals surface area contributed by atoms with Crippen molar-refractivity contribution >= 4 is 17.9 Å². The molecule has 0 saturated heterocycles. The summed E-state index contributed by atoms with van der Waals surface area (Å²) in [5.41, 5.74) is 1.22. The predicted molar refractivity (Wildman–Crippen MR) is 152 cm³/mol. The summed E-state index contributed by atoms with van der Waals surface area (Å²) in [5.74, 6) is -0.0412. The number of unbranched alkanes of at least 4 members (excludes halogenated alkanes) is 1. The van der Waals surface area contributed by atoms with E-state index >= 15 is 0 Å². The number of aliphatic hydroxyl groups excluding tert-OH is 1. The Kier molecular flexibility index (Phi) is 11.9. The summed E-state index contributed by atoms with van der Waals surface area (Å²) in [4.78, 5) is 36.2. The van der Waals surface area contributed by atoms with Gasteiger partial charge in [-0.15, -0.1) is 0 Å². The number of hydrogen-bond donors (Lipinski definition) is 1. The first-order chi connectivity index (χ1) is 19.8. The van der Waals surface area contributed by atoms with Gasteiger partial charge >= 0.3 is 17.9 Å². The lowest BCUT2D eigenvalue weighted by Gasteiger charge is -2.15. The number of hydrogen-bond acceptors (Lipinski definition) is 9. The SMILES string of the molecule is C=CC(=O)OCCCCOc1ccc(C(=O)Oc2ccc(OC(=O)c3ccc(C(O)CCC)c(OC)c3)cc2)cc1. The van der Waals surface area contributed by atoms with Crippen LogP contribution in [0.5, 0.6) is 23.0 Å². The smallest absolute Gasteiger partial charge is 0.343 e. The third kappa shape index (κ3) is 9.51. The number of carbonyl (C=O) groups excluding carboxylic acids is 3. The molecule has 0 aliphatic heterocycles. The first-order valence-corrected chi connectivity index (χ1v) is 13.3. The molecular formula is C32H34O9. The number of rotatable bonds is 15. The molecule has 1 N–H and O–H groups in total. The van der Waals surface area contributed by atoms with E-state index in [1.165, 1.54) is 37.4 Å². The van der Waals surface area contributed by atoms with E-state index in [1.54, 1.807) is 36.4 Å². The molecule has 0 radical (unpaired) electrons. The van der Waals surface area contributed by atoms with Gasteiger partial charge in [-0.3, -0.25) is 0 Å². The van der Waals surface area contributed by atoms with Gasteiger partial charge in [0.15, 0.2) is 0 Å². The van der Waals surface area contributed by atoms with E-state index in [4.69, 9.17) is 23.7 Å². The van der Waals surface area contributed by atoms with Gasteiger partial charge in [-0.2, -0.15) is 0 Å². The Hall–Kier alpha value is -4.63. The average Bonchev–Trinajstić information content (AvgIpc) is 2.99. The summed E-state index contributed by atoms with van der Waals surface area (Å²) in [6.45, 7) is 6.05. The lowest BCUT2D eigenvalue weighted by Crippen LogP contribution is -2.10. The number of methoxy groups -OCH3 is 1. The molecule has 3 aromatic carbocycles. The van der Waals surface area contributed by atoms with E-state index in [9.17, 15) is 19.5 Å². The second kappa shape index (κ2) is 15.8. The van der Waals surface area contributed by atoms with Crippen LogP contribution in [0.15, 0.2) is 79.4 Å². The third-order valence-electron chi connectivity index (χ3n) is 5.94. The van der Waals surface area contributed by atoms with Crippen molar-refractivity contribution in [2.75, 3.05) is 20.3 Å². The molecule has 0 fully saturated rings. The van der Waals surface area contributed by atoms with Gasteiger partial charge < -0.3 is 28.8 Å². The summed E-state index contributed by atoms with van der Waals surface area (Å²) in [7, 11) is 1.48. The van der Waals surface area contributed by atoms with Gasteiger partial charge in [0.2, 0.25) is 0 Å². The molecule has 0 aliphatic rings. The molecule has 3 rings (SSSR count). The molecule has 0 bridgehead atoms. The minimum Gasteiger partial charge on any atom is -0.496 e. The van der Waals surface area contributed by atoms with Crippen LogP contribution in [0.2, 0.25) is 0 Å². The van der Waals surface area contributed by atoms with E-state index in [-0.39, 0.29) is 17.1 Å². The Bertz CT molecular complexity index is 1310. The van der Waals surface area contributed by atoms with Gasteiger partial charge in [-0.1, -0.05) is 26.0 Å². The normalized spacial score (nSPS) is 11.2. The molecule has 9 heteroatoms. The summed E-state index contributed by atoms with van der Waals surface area (Å²) in [6.07, 6.45) is 3.19. The number of aliphatic hydroxyl groups is 1. The zero-order chi connectivity index (χ0) is 29.6. The van der Waals surface area contributed by atoms with Gasteiger partial charge in [-0.25, -0.2) is 14.4 Å². The van der Waals surface area contributed by atoms with Crippen LogP contribution in [0.25, 0.3) is 0 Å². The molecule has 3 aromatic rings. The van der Waals surface area contributed by atoms with Crippen LogP contribution in [0.1, 0.15) is 65.0 Å². The topological polar surface area (TPSA) is 118 Å². The number of ether oxygens (including phenoxy) is 5. The molecule has 0 heterocycles. The molecule has 0 spiro atoms. The highest BCUT2D eigenvalue weighted by Crippen LogP contribution is 2.30. The molecule has 216 valence electrons. The van der Waals surface area contributed by atoms with E-state index in [0.717, 1.165) is 12.5 Å². The monoisotopic (exact) mass is 562 g/mol. The third-order valence-corrected chi connectivity index (χ3v) is 5.94. The van der Waals surface area contributed by atoms with Crippen molar-refractivity contribution in [2.45, 2.75) is 38.7 Å². The van der Waals surface area contributed by atoms with Gasteiger partial charge in [0.25, 0.3) is 0 Å². The molecule has 1 atom stereocenters. The molecule has 0 aliphatic carbocycles. The van der Waals surface area contributed by atoms with Crippen LogP contribution >= 0.6 is 0 Å². The second-order valence-electron chi connectivity index (χ2n) is 8.96. The van der Waals surface area contributed by atoms with Gasteiger partial charge in [0.05, 0.1) is 37.6 Å². The first-order valence-electron chi connectivity index (χ1n) is 13.3. The van der Waals surface area contributed by atoms with Crippen LogP contribution in [0, 0.1) is 0 Å². The highest BCUT2D eigenvalue weighted by atomic mass is 16.5. The second-order valence-corrected chi connectivity index (χ2v) is 8.96. The van der Waals surface area contributed by atoms with Crippen molar-refractivity contribution in [1.82, 2.24) is 0 Å². The maximum Gasteiger partial charge on any atom is 0.343 e. The van der Waals surface area contributed by atoms with E-state index in [1.807, 2.05) is 6.92 Å². The van der Waals surface area contributed by atoms with Crippen molar-refractivity contribution in [3.8, 4) is 23.0 Å². The predicted octanol–water partition coefficient (Wildman–Crippen LogP) is 5.86. The Morgan fingerprint density at radius 1 is 0.829 bits per heavy atom. The van der Waals surface area contributed by atoms with Crippen molar-refractivity contribution < 1.29 is 43.2 Å². The van der Waals surface area contributed by atoms with Crippen molar-refractivity contribution in [3.63, 3.8) is 0 Å². The molecule has 1 unspecified atom stereocenters. The molecule has 41 heavy (non-hydrogen) atoms. The maximum atomic E-state index is 12.7. The first kappa shape index (κ1) is 30.9. The van der Waals surface area contributed by atoms with Crippen LogP contribution in [0.3, 0.4) is 0 Å². The fourth-order valence-corrected chi connectivity index (χ4v) is 3.76. The molecular weight excluding hydrogens is 528 g/mol. The quantitative estimate of drug-likeness (QED) is 0.105. The lowest BCUT2D eigenvalue weighted by atomic mass is 10.0. The van der Waals surface area contributed by atoms with Gasteiger partial charge in [-0.05, 0) is 79.9 Å². The van der Waals surface area contributed by atoms with Gasteiger partial charge in [0.1, 0.15) is 23.0 Å². The van der Waals surface area contributed by atoms with Crippen molar-refractivity contribution in [2.24, 2.45) is 0 Å². The summed E-state index contributed by atoms with van der Waals surface area (Å²) < 4.78 is 26.7. The van der Waals surface area contributed by atoms with Crippen molar-refractivity contribution in [1.29, 1.82) is 0 Å². The summed E-state index contributed by atoms with van der Waals surface area (Å²) in [5, 5.41) is 10.3. The van der Waals surface area contributed by atoms with Crippen LogP contribution in [-0.4, -0.2) is 43.3 Å². The Morgan fingerprint density at radius 3 is 1.98 bits per heavy atom. The zero-order valence-corrected chi connectivity index (χ0v) is 23.2.